The van der Waals surface area contributed by atoms with E-state index < -0.39 is 23.7 Å². The van der Waals surface area contributed by atoms with Gasteiger partial charge in [0.1, 0.15) is 11.3 Å². The fourth-order valence-electron chi connectivity index (χ4n) is 1.65. The summed E-state index contributed by atoms with van der Waals surface area (Å²) >= 11 is 0. The third-order valence-electron chi connectivity index (χ3n) is 2.58. The number of amides is 1. The van der Waals surface area contributed by atoms with E-state index >= 15 is 0 Å². The minimum atomic E-state index is -4.66. The molecule has 1 amide bonds. The normalized spacial score (nSPS) is 11.5. The number of alkyl halides is 3. The number of nitrogens with zero attached hydrogens (tertiary/aromatic N) is 3. The lowest BCUT2D eigenvalue weighted by atomic mass is 10.2. The molecule has 0 spiro atoms. The maximum absolute atomic E-state index is 12.7. The maximum atomic E-state index is 12.7. The number of primary amides is 1. The summed E-state index contributed by atoms with van der Waals surface area (Å²) in [5.41, 5.74) is 4.28. The first-order chi connectivity index (χ1) is 9.68. The number of rotatable bonds is 3. The summed E-state index contributed by atoms with van der Waals surface area (Å²) in [4.78, 5) is 14.6. The standard InChI is InChI=1S/C12H11F3N4O2/c1-6-5-9(19(2)18-6)21-11-7(10(16)20)3-4-8(17-11)12(13,14)15/h3-5H,1-2H3,(H2,16,20). The summed E-state index contributed by atoms with van der Waals surface area (Å²) in [5.74, 6) is -1.31. The number of carbonyl (C=O) groups excluding carboxylic acids is 1. The smallest absolute Gasteiger partial charge is 0.420 e. The first-order valence-electron chi connectivity index (χ1n) is 5.75. The van der Waals surface area contributed by atoms with Crippen LogP contribution in [0.1, 0.15) is 21.7 Å². The van der Waals surface area contributed by atoms with Crippen LogP contribution in [0, 0.1) is 6.92 Å². The molecule has 0 fully saturated rings. The van der Waals surface area contributed by atoms with Crippen molar-refractivity contribution in [2.45, 2.75) is 13.1 Å². The van der Waals surface area contributed by atoms with Crippen LogP contribution in [0.4, 0.5) is 13.2 Å². The molecule has 2 aromatic heterocycles. The Morgan fingerprint density at radius 3 is 2.52 bits per heavy atom. The van der Waals surface area contributed by atoms with Crippen molar-refractivity contribution in [2.75, 3.05) is 0 Å². The summed E-state index contributed by atoms with van der Waals surface area (Å²) in [6.45, 7) is 1.68. The second-order valence-electron chi connectivity index (χ2n) is 4.26. The van der Waals surface area contributed by atoms with E-state index in [0.29, 0.717) is 11.8 Å². The monoisotopic (exact) mass is 300 g/mol. The molecule has 0 saturated heterocycles. The van der Waals surface area contributed by atoms with Gasteiger partial charge in [-0.25, -0.2) is 9.67 Å². The average Bonchev–Trinajstić information content (AvgIpc) is 2.66. The van der Waals surface area contributed by atoms with E-state index in [1.807, 2.05) is 0 Å². The number of aromatic nitrogens is 3. The Morgan fingerprint density at radius 2 is 2.05 bits per heavy atom. The number of aryl methyl sites for hydroxylation is 2. The van der Waals surface area contributed by atoms with Crippen molar-refractivity contribution in [3.8, 4) is 11.8 Å². The Kier molecular flexibility index (Phi) is 3.58. The van der Waals surface area contributed by atoms with Crippen LogP contribution in [0.15, 0.2) is 18.2 Å². The molecule has 0 saturated carbocycles. The molecule has 0 unspecified atom stereocenters. The largest absolute Gasteiger partial charge is 0.433 e. The van der Waals surface area contributed by atoms with Crippen LogP contribution in [0.5, 0.6) is 11.8 Å². The van der Waals surface area contributed by atoms with Gasteiger partial charge in [0.05, 0.1) is 5.69 Å². The number of hydrogen-bond acceptors (Lipinski definition) is 4. The first-order valence-corrected chi connectivity index (χ1v) is 5.75. The number of halogens is 3. The van der Waals surface area contributed by atoms with Crippen LogP contribution in [0.3, 0.4) is 0 Å². The predicted octanol–water partition coefficient (Wildman–Crippen LogP) is 2.03. The van der Waals surface area contributed by atoms with E-state index in [2.05, 4.69) is 10.1 Å². The molecule has 0 aliphatic rings. The van der Waals surface area contributed by atoms with E-state index in [9.17, 15) is 18.0 Å². The predicted molar refractivity (Wildman–Crippen MR) is 65.8 cm³/mol. The zero-order chi connectivity index (χ0) is 15.8. The molecule has 21 heavy (non-hydrogen) atoms. The molecule has 2 rings (SSSR count). The van der Waals surface area contributed by atoms with Crippen LogP contribution in [-0.4, -0.2) is 20.7 Å². The van der Waals surface area contributed by atoms with E-state index in [1.54, 1.807) is 14.0 Å². The number of carbonyl (C=O) groups is 1. The Hall–Kier alpha value is -2.58. The molecular weight excluding hydrogens is 289 g/mol. The van der Waals surface area contributed by atoms with Crippen molar-refractivity contribution in [1.82, 2.24) is 14.8 Å². The minimum absolute atomic E-state index is 0.141. The Labute approximate surface area is 117 Å². The number of nitrogens with two attached hydrogens (primary N) is 1. The topological polar surface area (TPSA) is 83.0 Å². The second-order valence-corrected chi connectivity index (χ2v) is 4.26. The number of hydrogen-bond donors (Lipinski definition) is 1. The lowest BCUT2D eigenvalue weighted by molar-refractivity contribution is -0.141. The summed E-state index contributed by atoms with van der Waals surface area (Å²) in [5, 5.41) is 3.98. The molecule has 2 N–H and O–H groups in total. The number of ether oxygens (including phenoxy) is 1. The third kappa shape index (κ3) is 3.12. The molecule has 0 radical (unpaired) electrons. The molecule has 0 aliphatic heterocycles. The molecule has 6 nitrogen and oxygen atoms in total. The van der Waals surface area contributed by atoms with E-state index in [4.69, 9.17) is 10.5 Å². The molecule has 2 aromatic rings. The van der Waals surface area contributed by atoms with Crippen molar-refractivity contribution in [2.24, 2.45) is 12.8 Å². The Balaban J connectivity index is 2.49. The molecule has 0 atom stereocenters. The van der Waals surface area contributed by atoms with E-state index in [1.165, 1.54) is 10.7 Å². The molecule has 9 heteroatoms. The maximum Gasteiger partial charge on any atom is 0.433 e. The summed E-state index contributed by atoms with van der Waals surface area (Å²) < 4.78 is 44.6. The van der Waals surface area contributed by atoms with Crippen LogP contribution < -0.4 is 10.5 Å². The zero-order valence-electron chi connectivity index (χ0n) is 11.1. The second kappa shape index (κ2) is 5.08. The van der Waals surface area contributed by atoms with Gasteiger partial charge in [-0.05, 0) is 19.1 Å². The molecule has 112 valence electrons. The van der Waals surface area contributed by atoms with Crippen LogP contribution >= 0.6 is 0 Å². The summed E-state index contributed by atoms with van der Waals surface area (Å²) in [6.07, 6.45) is -4.66. The molecule has 0 aromatic carbocycles. The molecule has 0 aliphatic carbocycles. The average molecular weight is 300 g/mol. The van der Waals surface area contributed by atoms with Gasteiger partial charge in [0.15, 0.2) is 0 Å². The SMILES string of the molecule is Cc1cc(Oc2nc(C(F)(F)F)ccc2C(N)=O)n(C)n1. The number of pyridine rings is 1. The summed E-state index contributed by atoms with van der Waals surface area (Å²) in [6, 6.07) is 3.09. The van der Waals surface area contributed by atoms with E-state index in [-0.39, 0.29) is 11.4 Å². The third-order valence-corrected chi connectivity index (χ3v) is 2.58. The zero-order valence-corrected chi connectivity index (χ0v) is 11.1. The van der Waals surface area contributed by atoms with E-state index in [0.717, 1.165) is 6.07 Å². The van der Waals surface area contributed by atoms with Gasteiger partial charge in [0.2, 0.25) is 11.8 Å². The van der Waals surface area contributed by atoms with Crippen molar-refractivity contribution in [3.05, 3.63) is 35.2 Å². The first kappa shape index (κ1) is 14.8. The molecule has 0 bridgehead atoms. The highest BCUT2D eigenvalue weighted by Crippen LogP contribution is 2.31. The Morgan fingerprint density at radius 1 is 1.38 bits per heavy atom. The van der Waals surface area contributed by atoms with Crippen LogP contribution in [0.25, 0.3) is 0 Å². The highest BCUT2D eigenvalue weighted by Gasteiger charge is 2.34. The summed E-state index contributed by atoms with van der Waals surface area (Å²) in [7, 11) is 1.54. The highest BCUT2D eigenvalue weighted by molar-refractivity contribution is 5.95. The highest BCUT2D eigenvalue weighted by atomic mass is 19.4. The van der Waals surface area contributed by atoms with Gasteiger partial charge in [-0.15, -0.1) is 0 Å². The van der Waals surface area contributed by atoms with Crippen LogP contribution in [-0.2, 0) is 13.2 Å². The fraction of sp³-hybridized carbons (Fsp3) is 0.250. The van der Waals surface area contributed by atoms with Gasteiger partial charge in [-0.2, -0.15) is 18.3 Å². The minimum Gasteiger partial charge on any atom is -0.420 e. The quantitative estimate of drug-likeness (QED) is 0.940. The van der Waals surface area contributed by atoms with Gasteiger partial charge in [0, 0.05) is 13.1 Å². The Bertz CT molecular complexity index is 694. The van der Waals surface area contributed by atoms with Crippen molar-refractivity contribution in [1.29, 1.82) is 0 Å². The van der Waals surface area contributed by atoms with Gasteiger partial charge >= 0.3 is 6.18 Å². The lowest BCUT2D eigenvalue weighted by Gasteiger charge is -2.11. The van der Waals surface area contributed by atoms with Gasteiger partial charge in [-0.3, -0.25) is 4.79 Å². The fourth-order valence-corrected chi connectivity index (χ4v) is 1.65. The van der Waals surface area contributed by atoms with Crippen molar-refractivity contribution < 1.29 is 22.7 Å². The van der Waals surface area contributed by atoms with Crippen molar-refractivity contribution in [3.63, 3.8) is 0 Å². The molecular formula is C12H11F3N4O2. The molecule has 2 heterocycles. The van der Waals surface area contributed by atoms with Crippen LogP contribution in [0.2, 0.25) is 0 Å². The van der Waals surface area contributed by atoms with Crippen molar-refractivity contribution >= 4 is 5.91 Å². The van der Waals surface area contributed by atoms with Gasteiger partial charge in [-0.1, -0.05) is 0 Å². The lowest BCUT2D eigenvalue weighted by Crippen LogP contribution is -2.16. The van der Waals surface area contributed by atoms with Gasteiger partial charge < -0.3 is 10.5 Å². The van der Waals surface area contributed by atoms with Gasteiger partial charge in [0.25, 0.3) is 5.91 Å².